The normalized spacial score (nSPS) is 23.3. The number of anilines is 1. The van der Waals surface area contributed by atoms with Gasteiger partial charge in [0.2, 0.25) is 5.91 Å². The standard InChI is InChI=1S/C21H22F2N6O2/c1-12-10-28(19-9-17(20(24)30)25-11-26-19)5-3-16(12)21(31)29-18(2-4-27-29)13-6-14(22)8-15(23)7-13/h4,6-9,11-12,16,18H,2-3,5,10H2,1H3,(H2,24,30)/t12-,16-,18+/m0/s1. The summed E-state index contributed by atoms with van der Waals surface area (Å²) in [5, 5.41) is 5.55. The van der Waals surface area contributed by atoms with Crippen molar-refractivity contribution in [2.45, 2.75) is 25.8 Å². The number of aromatic nitrogens is 2. The maximum Gasteiger partial charge on any atom is 0.267 e. The van der Waals surface area contributed by atoms with Crippen molar-refractivity contribution in [1.82, 2.24) is 15.0 Å². The van der Waals surface area contributed by atoms with Gasteiger partial charge in [-0.25, -0.2) is 23.8 Å². The third kappa shape index (κ3) is 4.23. The fraction of sp³-hybridized carbons (Fsp3) is 0.381. The molecule has 0 aliphatic carbocycles. The molecule has 0 unspecified atom stereocenters. The van der Waals surface area contributed by atoms with Crippen LogP contribution in [-0.4, -0.2) is 46.1 Å². The first-order valence-electron chi connectivity index (χ1n) is 10.0. The number of carbonyl (C=O) groups excluding carboxylic acids is 2. The molecule has 2 aliphatic heterocycles. The number of halogens is 2. The van der Waals surface area contributed by atoms with Gasteiger partial charge in [0.15, 0.2) is 0 Å². The van der Waals surface area contributed by atoms with Crippen molar-refractivity contribution in [3.8, 4) is 0 Å². The fourth-order valence-corrected chi connectivity index (χ4v) is 4.22. The monoisotopic (exact) mass is 428 g/mol. The molecule has 1 aromatic carbocycles. The zero-order valence-electron chi connectivity index (χ0n) is 16.9. The zero-order chi connectivity index (χ0) is 22.1. The summed E-state index contributed by atoms with van der Waals surface area (Å²) in [6.45, 7) is 3.05. The van der Waals surface area contributed by atoms with E-state index in [2.05, 4.69) is 15.1 Å². The van der Waals surface area contributed by atoms with Gasteiger partial charge in [0.25, 0.3) is 5.91 Å². The van der Waals surface area contributed by atoms with Crippen molar-refractivity contribution >= 4 is 23.8 Å². The molecule has 0 saturated carbocycles. The molecule has 0 radical (unpaired) electrons. The Hall–Kier alpha value is -3.43. The van der Waals surface area contributed by atoms with Crippen molar-refractivity contribution in [3.05, 3.63) is 53.5 Å². The smallest absolute Gasteiger partial charge is 0.267 e. The molecule has 3 atom stereocenters. The third-order valence-electron chi connectivity index (χ3n) is 5.78. The Balaban J connectivity index is 1.48. The Morgan fingerprint density at radius 2 is 1.87 bits per heavy atom. The van der Waals surface area contributed by atoms with Crippen LogP contribution in [-0.2, 0) is 4.79 Å². The number of amides is 2. The molecular weight excluding hydrogens is 406 g/mol. The number of benzene rings is 1. The van der Waals surface area contributed by atoms with E-state index in [4.69, 9.17) is 5.73 Å². The predicted molar refractivity (Wildman–Crippen MR) is 109 cm³/mol. The highest BCUT2D eigenvalue weighted by Crippen LogP contribution is 2.34. The largest absolute Gasteiger partial charge is 0.364 e. The molecule has 0 bridgehead atoms. The van der Waals surface area contributed by atoms with E-state index >= 15 is 0 Å². The molecule has 31 heavy (non-hydrogen) atoms. The first-order chi connectivity index (χ1) is 14.8. The van der Waals surface area contributed by atoms with Crippen molar-refractivity contribution in [3.63, 3.8) is 0 Å². The van der Waals surface area contributed by atoms with Crippen LogP contribution in [0.4, 0.5) is 14.6 Å². The van der Waals surface area contributed by atoms with Gasteiger partial charge in [-0.15, -0.1) is 0 Å². The molecule has 2 aromatic rings. The number of hydrogen-bond acceptors (Lipinski definition) is 6. The summed E-state index contributed by atoms with van der Waals surface area (Å²) in [6.07, 6.45) is 3.83. The fourth-order valence-electron chi connectivity index (χ4n) is 4.22. The van der Waals surface area contributed by atoms with E-state index in [0.717, 1.165) is 6.07 Å². The van der Waals surface area contributed by atoms with Crippen LogP contribution in [0.15, 0.2) is 35.7 Å². The first kappa shape index (κ1) is 20.8. The van der Waals surface area contributed by atoms with Gasteiger partial charge < -0.3 is 10.6 Å². The van der Waals surface area contributed by atoms with Crippen molar-refractivity contribution in [1.29, 1.82) is 0 Å². The van der Waals surface area contributed by atoms with Gasteiger partial charge in [0, 0.05) is 43.8 Å². The lowest BCUT2D eigenvalue weighted by molar-refractivity contribution is -0.139. The van der Waals surface area contributed by atoms with Gasteiger partial charge in [-0.3, -0.25) is 9.59 Å². The minimum Gasteiger partial charge on any atom is -0.364 e. The second-order valence-electron chi connectivity index (χ2n) is 7.88. The first-order valence-corrected chi connectivity index (χ1v) is 10.0. The Morgan fingerprint density at radius 1 is 1.13 bits per heavy atom. The number of piperidine rings is 1. The maximum absolute atomic E-state index is 13.7. The van der Waals surface area contributed by atoms with Crippen LogP contribution in [0.2, 0.25) is 0 Å². The summed E-state index contributed by atoms with van der Waals surface area (Å²) >= 11 is 0. The van der Waals surface area contributed by atoms with Crippen LogP contribution in [0.3, 0.4) is 0 Å². The molecule has 162 valence electrons. The molecule has 1 fully saturated rings. The van der Waals surface area contributed by atoms with Crippen LogP contribution in [0.1, 0.15) is 41.9 Å². The highest BCUT2D eigenvalue weighted by molar-refractivity contribution is 5.91. The number of hydrazone groups is 1. The third-order valence-corrected chi connectivity index (χ3v) is 5.78. The van der Waals surface area contributed by atoms with Crippen LogP contribution >= 0.6 is 0 Å². The lowest BCUT2D eigenvalue weighted by Gasteiger charge is -2.38. The van der Waals surface area contributed by atoms with Crippen molar-refractivity contribution < 1.29 is 18.4 Å². The van der Waals surface area contributed by atoms with E-state index in [9.17, 15) is 18.4 Å². The summed E-state index contributed by atoms with van der Waals surface area (Å²) in [5.74, 6) is -1.93. The molecule has 10 heteroatoms. The predicted octanol–water partition coefficient (Wildman–Crippen LogP) is 2.28. The van der Waals surface area contributed by atoms with E-state index in [1.807, 2.05) is 11.8 Å². The quantitative estimate of drug-likeness (QED) is 0.805. The van der Waals surface area contributed by atoms with Crippen LogP contribution in [0.25, 0.3) is 0 Å². The van der Waals surface area contributed by atoms with Crippen LogP contribution < -0.4 is 10.6 Å². The van der Waals surface area contributed by atoms with Gasteiger partial charge in [-0.2, -0.15) is 5.10 Å². The van der Waals surface area contributed by atoms with Crippen molar-refractivity contribution in [2.24, 2.45) is 22.7 Å². The minimum atomic E-state index is -0.684. The number of carbonyl (C=O) groups is 2. The average molecular weight is 428 g/mol. The van der Waals surface area contributed by atoms with E-state index in [0.29, 0.717) is 37.3 Å². The minimum absolute atomic E-state index is 0.0334. The summed E-state index contributed by atoms with van der Waals surface area (Å²) in [5.41, 5.74) is 5.81. The van der Waals surface area contributed by atoms with Crippen molar-refractivity contribution in [2.75, 3.05) is 18.0 Å². The Bertz CT molecular complexity index is 1030. The lowest BCUT2D eigenvalue weighted by Crippen LogP contribution is -2.46. The molecule has 2 amide bonds. The Labute approximate surface area is 177 Å². The number of nitrogens with zero attached hydrogens (tertiary/aromatic N) is 5. The molecular formula is C21H22F2N6O2. The van der Waals surface area contributed by atoms with E-state index in [1.54, 1.807) is 6.21 Å². The molecule has 2 N–H and O–H groups in total. The SMILES string of the molecule is C[C@H]1CN(c2cc(C(N)=O)ncn2)CC[C@@H]1C(=O)N1N=CC[C@@H]1c1cc(F)cc(F)c1. The van der Waals surface area contributed by atoms with Gasteiger partial charge in [-0.1, -0.05) is 6.92 Å². The second kappa shape index (κ2) is 8.37. The number of primary amides is 1. The molecule has 2 aliphatic rings. The van der Waals surface area contributed by atoms with Crippen LogP contribution in [0, 0.1) is 23.5 Å². The summed E-state index contributed by atoms with van der Waals surface area (Å²) in [6, 6.07) is 4.29. The molecule has 4 rings (SSSR count). The second-order valence-corrected chi connectivity index (χ2v) is 7.88. The van der Waals surface area contributed by atoms with Crippen LogP contribution in [0.5, 0.6) is 0 Å². The molecule has 0 spiro atoms. The van der Waals surface area contributed by atoms with E-state index in [-0.39, 0.29) is 23.4 Å². The van der Waals surface area contributed by atoms with E-state index in [1.165, 1.54) is 29.5 Å². The molecule has 8 nitrogen and oxygen atoms in total. The lowest BCUT2D eigenvalue weighted by atomic mass is 9.85. The average Bonchev–Trinajstić information content (AvgIpc) is 3.22. The van der Waals surface area contributed by atoms with Gasteiger partial charge in [-0.05, 0) is 30.0 Å². The van der Waals surface area contributed by atoms with E-state index < -0.39 is 23.6 Å². The van der Waals surface area contributed by atoms with Gasteiger partial charge >= 0.3 is 0 Å². The molecule has 1 saturated heterocycles. The highest BCUT2D eigenvalue weighted by Gasteiger charge is 2.38. The molecule has 1 aromatic heterocycles. The Kier molecular flexibility index (Phi) is 5.62. The highest BCUT2D eigenvalue weighted by atomic mass is 19.1. The summed E-state index contributed by atoms with van der Waals surface area (Å²) < 4.78 is 27.4. The Morgan fingerprint density at radius 3 is 2.55 bits per heavy atom. The number of rotatable bonds is 4. The zero-order valence-corrected chi connectivity index (χ0v) is 16.9. The summed E-state index contributed by atoms with van der Waals surface area (Å²) in [4.78, 5) is 34.7. The number of nitrogens with two attached hydrogens (primary N) is 1. The van der Waals surface area contributed by atoms with Gasteiger partial charge in [0.05, 0.1) is 6.04 Å². The van der Waals surface area contributed by atoms with Gasteiger partial charge in [0.1, 0.15) is 29.5 Å². The maximum atomic E-state index is 13.7. The topological polar surface area (TPSA) is 105 Å². The number of hydrogen-bond donors (Lipinski definition) is 1. The summed E-state index contributed by atoms with van der Waals surface area (Å²) in [7, 11) is 0. The molecule has 3 heterocycles.